The molecule has 3 heterocycles. The summed E-state index contributed by atoms with van der Waals surface area (Å²) >= 11 is 0. The SMILES string of the molecule is CCCC[C@H](NC(=O)c1[nH]c2c(c1C)C(=O)CC(C)(C)C2)C(=O)Nc1ccc(OC2CCN(C)CC2)nc1. The number of anilines is 1. The van der Waals surface area contributed by atoms with Gasteiger partial charge in [0, 0.05) is 36.8 Å². The average Bonchev–Trinajstić information content (AvgIpc) is 3.19. The second-order valence-electron chi connectivity index (χ2n) is 11.6. The van der Waals surface area contributed by atoms with Gasteiger partial charge < -0.3 is 25.3 Å². The number of aromatic nitrogens is 2. The number of carbonyl (C=O) groups is 3. The highest BCUT2D eigenvalue weighted by atomic mass is 16.5. The fourth-order valence-electron chi connectivity index (χ4n) is 5.39. The molecule has 1 saturated heterocycles. The number of nitrogens with one attached hydrogen (secondary N) is 3. The van der Waals surface area contributed by atoms with Gasteiger partial charge in [-0.05, 0) is 56.7 Å². The van der Waals surface area contributed by atoms with Crippen molar-refractivity contribution in [3.63, 3.8) is 0 Å². The number of pyridine rings is 1. The molecule has 2 aromatic rings. The van der Waals surface area contributed by atoms with Crippen LogP contribution in [-0.4, -0.2) is 64.7 Å². The fourth-order valence-corrected chi connectivity index (χ4v) is 5.39. The average molecular weight is 524 g/mol. The highest BCUT2D eigenvalue weighted by molar-refractivity contribution is 6.06. The van der Waals surface area contributed by atoms with Crippen molar-refractivity contribution in [1.82, 2.24) is 20.2 Å². The molecule has 1 aliphatic carbocycles. The van der Waals surface area contributed by atoms with Crippen molar-refractivity contribution in [1.29, 1.82) is 0 Å². The van der Waals surface area contributed by atoms with Crippen molar-refractivity contribution in [2.75, 3.05) is 25.5 Å². The first-order chi connectivity index (χ1) is 18.1. The van der Waals surface area contributed by atoms with E-state index in [9.17, 15) is 14.4 Å². The Morgan fingerprint density at radius 3 is 2.63 bits per heavy atom. The highest BCUT2D eigenvalue weighted by Crippen LogP contribution is 2.36. The lowest BCUT2D eigenvalue weighted by Crippen LogP contribution is -2.44. The Labute approximate surface area is 225 Å². The number of ketones is 1. The predicted octanol–water partition coefficient (Wildman–Crippen LogP) is 4.27. The van der Waals surface area contributed by atoms with Gasteiger partial charge in [0.25, 0.3) is 5.91 Å². The summed E-state index contributed by atoms with van der Waals surface area (Å²) in [6.45, 7) is 9.95. The first-order valence-electron chi connectivity index (χ1n) is 13.7. The smallest absolute Gasteiger partial charge is 0.268 e. The van der Waals surface area contributed by atoms with Crippen LogP contribution in [0.15, 0.2) is 18.3 Å². The number of fused-ring (bicyclic) bond motifs is 1. The van der Waals surface area contributed by atoms with E-state index in [1.54, 1.807) is 25.3 Å². The summed E-state index contributed by atoms with van der Waals surface area (Å²) in [7, 11) is 2.11. The van der Waals surface area contributed by atoms with Crippen LogP contribution in [0.25, 0.3) is 0 Å². The van der Waals surface area contributed by atoms with Crippen LogP contribution in [0.4, 0.5) is 5.69 Å². The van der Waals surface area contributed by atoms with Gasteiger partial charge in [0.15, 0.2) is 5.78 Å². The maximum absolute atomic E-state index is 13.3. The van der Waals surface area contributed by atoms with Crippen molar-refractivity contribution in [3.05, 3.63) is 40.8 Å². The molecule has 2 amide bonds. The third kappa shape index (κ3) is 6.62. The van der Waals surface area contributed by atoms with E-state index in [-0.39, 0.29) is 29.1 Å². The standard InChI is InChI=1S/C29H41N5O4/c1-6-7-8-21(33-28(37)26-18(2)25-22(32-26)15-29(3,4)16-23(25)35)27(36)31-19-9-10-24(30-17-19)38-20-11-13-34(5)14-12-20/h9-10,17,20-21,32H,6-8,11-16H2,1-5H3,(H,31,36)(H,33,37)/t21-/m0/s1. The first kappa shape index (κ1) is 27.8. The molecule has 1 aliphatic heterocycles. The molecule has 9 heteroatoms. The molecule has 2 aromatic heterocycles. The Morgan fingerprint density at radius 2 is 1.97 bits per heavy atom. The summed E-state index contributed by atoms with van der Waals surface area (Å²) in [5.41, 5.74) is 2.82. The molecule has 0 radical (unpaired) electrons. The molecule has 0 aromatic carbocycles. The van der Waals surface area contributed by atoms with Gasteiger partial charge in [-0.1, -0.05) is 33.6 Å². The minimum absolute atomic E-state index is 0.0556. The number of likely N-dealkylation sites (tertiary alicyclic amines) is 1. The van der Waals surface area contributed by atoms with Gasteiger partial charge >= 0.3 is 0 Å². The largest absolute Gasteiger partial charge is 0.474 e. The Balaban J connectivity index is 1.41. The summed E-state index contributed by atoms with van der Waals surface area (Å²) in [6.07, 6.45) is 6.99. The van der Waals surface area contributed by atoms with E-state index in [0.717, 1.165) is 44.5 Å². The lowest BCUT2D eigenvalue weighted by atomic mass is 9.75. The zero-order valence-corrected chi connectivity index (χ0v) is 23.3. The van der Waals surface area contributed by atoms with E-state index in [1.807, 2.05) is 6.92 Å². The molecular weight excluding hydrogens is 482 g/mol. The summed E-state index contributed by atoms with van der Waals surface area (Å²) < 4.78 is 6.00. The molecular formula is C29H41N5O4. The number of nitrogens with zero attached hydrogens (tertiary/aromatic N) is 2. The molecule has 2 aliphatic rings. The maximum atomic E-state index is 13.3. The second-order valence-corrected chi connectivity index (χ2v) is 11.6. The minimum Gasteiger partial charge on any atom is -0.474 e. The Morgan fingerprint density at radius 1 is 1.24 bits per heavy atom. The fraction of sp³-hybridized carbons (Fsp3) is 0.586. The van der Waals surface area contributed by atoms with Gasteiger partial charge in [-0.15, -0.1) is 0 Å². The van der Waals surface area contributed by atoms with Crippen molar-refractivity contribution >= 4 is 23.3 Å². The first-order valence-corrected chi connectivity index (χ1v) is 13.7. The number of ether oxygens (including phenoxy) is 1. The third-order valence-electron chi connectivity index (χ3n) is 7.55. The second kappa shape index (κ2) is 11.7. The highest BCUT2D eigenvalue weighted by Gasteiger charge is 2.35. The van der Waals surface area contributed by atoms with E-state index >= 15 is 0 Å². The zero-order chi connectivity index (χ0) is 27.4. The zero-order valence-electron chi connectivity index (χ0n) is 23.3. The Bertz CT molecular complexity index is 1160. The van der Waals surface area contributed by atoms with Crippen LogP contribution >= 0.6 is 0 Å². The number of H-pyrrole nitrogens is 1. The van der Waals surface area contributed by atoms with Crippen molar-refractivity contribution in [3.8, 4) is 5.88 Å². The number of rotatable bonds is 9. The van der Waals surface area contributed by atoms with Crippen LogP contribution < -0.4 is 15.4 Å². The van der Waals surface area contributed by atoms with Gasteiger partial charge in [0.05, 0.1) is 11.9 Å². The number of Topliss-reactive ketones (excluding diaryl/α,β-unsaturated/α-hetero) is 1. The van der Waals surface area contributed by atoms with Gasteiger partial charge in [0.1, 0.15) is 17.8 Å². The number of hydrogen-bond donors (Lipinski definition) is 3. The van der Waals surface area contributed by atoms with Crippen molar-refractivity contribution in [2.45, 2.75) is 84.8 Å². The van der Waals surface area contributed by atoms with Crippen LogP contribution in [0.1, 0.15) is 91.4 Å². The number of carbonyl (C=O) groups excluding carboxylic acids is 3. The van der Waals surface area contributed by atoms with Crippen molar-refractivity contribution < 1.29 is 19.1 Å². The van der Waals surface area contributed by atoms with Gasteiger partial charge in [0.2, 0.25) is 11.8 Å². The molecule has 4 rings (SSSR count). The summed E-state index contributed by atoms with van der Waals surface area (Å²) in [4.78, 5) is 49.0. The molecule has 1 fully saturated rings. The van der Waals surface area contributed by atoms with E-state index in [1.165, 1.54) is 0 Å². The monoisotopic (exact) mass is 523 g/mol. The predicted molar refractivity (Wildman–Crippen MR) is 147 cm³/mol. The van der Waals surface area contributed by atoms with Gasteiger partial charge in [-0.25, -0.2) is 4.98 Å². The quantitative estimate of drug-likeness (QED) is 0.452. The molecule has 0 bridgehead atoms. The number of piperidine rings is 1. The van der Waals surface area contributed by atoms with E-state index in [4.69, 9.17) is 4.74 Å². The van der Waals surface area contributed by atoms with Crippen LogP contribution in [0.5, 0.6) is 5.88 Å². The lowest BCUT2D eigenvalue weighted by molar-refractivity contribution is -0.118. The van der Waals surface area contributed by atoms with Crippen LogP contribution in [-0.2, 0) is 11.2 Å². The maximum Gasteiger partial charge on any atom is 0.268 e. The van der Waals surface area contributed by atoms with Gasteiger partial charge in [-0.2, -0.15) is 0 Å². The van der Waals surface area contributed by atoms with Crippen LogP contribution in [0.3, 0.4) is 0 Å². The summed E-state index contributed by atoms with van der Waals surface area (Å²) in [5, 5.41) is 5.78. The third-order valence-corrected chi connectivity index (χ3v) is 7.55. The van der Waals surface area contributed by atoms with E-state index in [2.05, 4.69) is 46.4 Å². The molecule has 1 atom stereocenters. The van der Waals surface area contributed by atoms with Gasteiger partial charge in [-0.3, -0.25) is 14.4 Å². The molecule has 0 saturated carbocycles. The Kier molecular flexibility index (Phi) is 8.55. The minimum atomic E-state index is -0.718. The normalized spacial score (nSPS) is 18.5. The molecule has 9 nitrogen and oxygen atoms in total. The lowest BCUT2D eigenvalue weighted by Gasteiger charge is -2.28. The summed E-state index contributed by atoms with van der Waals surface area (Å²) in [5.74, 6) is -0.0834. The topological polar surface area (TPSA) is 116 Å². The number of unbranched alkanes of at least 4 members (excludes halogenated alkanes) is 1. The van der Waals surface area contributed by atoms with E-state index in [0.29, 0.717) is 47.7 Å². The molecule has 0 unspecified atom stereocenters. The summed E-state index contributed by atoms with van der Waals surface area (Å²) in [6, 6.07) is 2.81. The van der Waals surface area contributed by atoms with Crippen molar-refractivity contribution in [2.24, 2.45) is 5.41 Å². The van der Waals surface area contributed by atoms with Crippen LogP contribution in [0.2, 0.25) is 0 Å². The molecule has 38 heavy (non-hydrogen) atoms. The molecule has 3 N–H and O–H groups in total. The Hall–Kier alpha value is -3.20. The molecule has 0 spiro atoms. The number of hydrogen-bond acceptors (Lipinski definition) is 6. The van der Waals surface area contributed by atoms with Crippen LogP contribution in [0, 0.1) is 12.3 Å². The molecule has 206 valence electrons. The number of aromatic amines is 1. The van der Waals surface area contributed by atoms with E-state index < -0.39 is 6.04 Å². The number of amides is 2.